The van der Waals surface area contributed by atoms with Gasteiger partial charge in [0.25, 0.3) is 0 Å². The molecular formula is C16H28N4. The first kappa shape index (κ1) is 15.3. The minimum Gasteiger partial charge on any atom is -0.355 e. The molecule has 0 bridgehead atoms. The minimum absolute atomic E-state index is 0.385. The number of nitrogens with zero attached hydrogens (tertiary/aromatic N) is 3. The molecule has 4 nitrogen and oxygen atoms in total. The lowest BCUT2D eigenvalue weighted by Crippen LogP contribution is -2.45. The van der Waals surface area contributed by atoms with E-state index in [0.29, 0.717) is 12.1 Å². The number of hydrogen-bond donors (Lipinski definition) is 1. The summed E-state index contributed by atoms with van der Waals surface area (Å²) >= 11 is 0. The van der Waals surface area contributed by atoms with E-state index in [2.05, 4.69) is 60.2 Å². The Morgan fingerprint density at radius 2 is 2.30 bits per heavy atom. The number of piperidine rings is 1. The highest BCUT2D eigenvalue weighted by atomic mass is 15.2. The van der Waals surface area contributed by atoms with Crippen molar-refractivity contribution in [1.82, 2.24) is 15.2 Å². The van der Waals surface area contributed by atoms with Gasteiger partial charge in [-0.3, -0.25) is 0 Å². The molecule has 2 heterocycles. The van der Waals surface area contributed by atoms with Crippen LogP contribution in [0.15, 0.2) is 18.3 Å². The Bertz CT molecular complexity index is 419. The van der Waals surface area contributed by atoms with Gasteiger partial charge in [-0.05, 0) is 58.1 Å². The molecule has 0 aromatic carbocycles. The van der Waals surface area contributed by atoms with E-state index in [1.54, 1.807) is 0 Å². The second-order valence-electron chi connectivity index (χ2n) is 5.93. The number of hydrogen-bond acceptors (Lipinski definition) is 4. The summed E-state index contributed by atoms with van der Waals surface area (Å²) in [6.07, 6.45) is 4.48. The lowest BCUT2D eigenvalue weighted by atomic mass is 10.0. The van der Waals surface area contributed by atoms with Gasteiger partial charge in [-0.1, -0.05) is 6.92 Å². The van der Waals surface area contributed by atoms with Gasteiger partial charge in [0.2, 0.25) is 0 Å². The molecule has 2 rings (SSSR count). The van der Waals surface area contributed by atoms with Crippen LogP contribution in [0, 0.1) is 0 Å². The highest BCUT2D eigenvalue weighted by Crippen LogP contribution is 2.22. The molecule has 1 saturated heterocycles. The summed E-state index contributed by atoms with van der Waals surface area (Å²) in [5.41, 5.74) is 1.32. The van der Waals surface area contributed by atoms with E-state index in [1.807, 2.05) is 6.20 Å². The van der Waals surface area contributed by atoms with Crippen molar-refractivity contribution in [2.75, 3.05) is 38.6 Å². The fourth-order valence-corrected chi connectivity index (χ4v) is 2.88. The van der Waals surface area contributed by atoms with Crippen LogP contribution in [0.3, 0.4) is 0 Å². The summed E-state index contributed by atoms with van der Waals surface area (Å²) in [6, 6.07) is 5.38. The average molecular weight is 276 g/mol. The number of nitrogens with one attached hydrogen (secondary N) is 1. The molecule has 1 aromatic rings. The fourth-order valence-electron chi connectivity index (χ4n) is 2.88. The first-order valence-corrected chi connectivity index (χ1v) is 7.72. The van der Waals surface area contributed by atoms with Gasteiger partial charge in [0.1, 0.15) is 5.82 Å². The molecule has 0 saturated carbocycles. The van der Waals surface area contributed by atoms with Crippen molar-refractivity contribution in [3.8, 4) is 0 Å². The normalized spacial score (nSPS) is 21.2. The van der Waals surface area contributed by atoms with Crippen molar-refractivity contribution in [2.45, 2.75) is 38.8 Å². The molecule has 0 radical (unpaired) electrons. The van der Waals surface area contributed by atoms with Crippen LogP contribution >= 0.6 is 0 Å². The first-order valence-electron chi connectivity index (χ1n) is 7.72. The van der Waals surface area contributed by atoms with Crippen LogP contribution in [0.25, 0.3) is 0 Å². The van der Waals surface area contributed by atoms with Crippen molar-refractivity contribution in [3.05, 3.63) is 23.9 Å². The van der Waals surface area contributed by atoms with Crippen LogP contribution in [-0.2, 0) is 0 Å². The zero-order chi connectivity index (χ0) is 14.5. The highest BCUT2D eigenvalue weighted by Gasteiger charge is 2.22. The minimum atomic E-state index is 0.385. The van der Waals surface area contributed by atoms with Gasteiger partial charge in [0.15, 0.2) is 0 Å². The monoisotopic (exact) mass is 276 g/mol. The second kappa shape index (κ2) is 7.04. The number of rotatable bonds is 5. The van der Waals surface area contributed by atoms with Crippen LogP contribution in [0.5, 0.6) is 0 Å². The van der Waals surface area contributed by atoms with Crippen LogP contribution in [0.1, 0.15) is 38.3 Å². The highest BCUT2D eigenvalue weighted by molar-refractivity contribution is 5.42. The predicted molar refractivity (Wildman–Crippen MR) is 85.3 cm³/mol. The maximum atomic E-state index is 4.58. The van der Waals surface area contributed by atoms with Gasteiger partial charge < -0.3 is 15.1 Å². The number of pyridine rings is 1. The van der Waals surface area contributed by atoms with E-state index < -0.39 is 0 Å². The molecule has 0 spiro atoms. The SMILES string of the molecule is CCNC(C)c1ccnc(N2CCCC(N(C)C)C2)c1. The molecule has 1 N–H and O–H groups in total. The molecule has 4 heteroatoms. The molecule has 1 fully saturated rings. The number of likely N-dealkylation sites (N-methyl/N-ethyl adjacent to an activating group) is 1. The van der Waals surface area contributed by atoms with E-state index in [-0.39, 0.29) is 0 Å². The topological polar surface area (TPSA) is 31.4 Å². The molecule has 1 aliphatic heterocycles. The summed E-state index contributed by atoms with van der Waals surface area (Å²) in [7, 11) is 4.34. The van der Waals surface area contributed by atoms with E-state index >= 15 is 0 Å². The first-order chi connectivity index (χ1) is 9.61. The standard InChI is InChI=1S/C16H28N4/c1-5-17-13(2)14-8-9-18-16(11-14)20-10-6-7-15(12-20)19(3)4/h8-9,11,13,15,17H,5-7,10,12H2,1-4H3. The summed E-state index contributed by atoms with van der Waals surface area (Å²) in [5, 5.41) is 3.46. The number of aromatic nitrogens is 1. The summed E-state index contributed by atoms with van der Waals surface area (Å²) < 4.78 is 0. The maximum absolute atomic E-state index is 4.58. The fraction of sp³-hybridized carbons (Fsp3) is 0.688. The molecule has 20 heavy (non-hydrogen) atoms. The largest absolute Gasteiger partial charge is 0.355 e. The second-order valence-corrected chi connectivity index (χ2v) is 5.93. The van der Waals surface area contributed by atoms with Crippen molar-refractivity contribution < 1.29 is 0 Å². The van der Waals surface area contributed by atoms with Crippen molar-refractivity contribution in [1.29, 1.82) is 0 Å². The third-order valence-electron chi connectivity index (χ3n) is 4.23. The quantitative estimate of drug-likeness (QED) is 0.894. The lowest BCUT2D eigenvalue weighted by Gasteiger charge is -2.37. The molecule has 1 aliphatic rings. The summed E-state index contributed by atoms with van der Waals surface area (Å²) in [6.45, 7) is 7.55. The maximum Gasteiger partial charge on any atom is 0.128 e. The Labute approximate surface area is 123 Å². The lowest BCUT2D eigenvalue weighted by molar-refractivity contribution is 0.257. The molecule has 112 valence electrons. The van der Waals surface area contributed by atoms with Gasteiger partial charge in [-0.2, -0.15) is 0 Å². The van der Waals surface area contributed by atoms with Crippen LogP contribution in [0.2, 0.25) is 0 Å². The third kappa shape index (κ3) is 3.70. The van der Waals surface area contributed by atoms with Gasteiger partial charge in [-0.15, -0.1) is 0 Å². The molecule has 2 atom stereocenters. The Morgan fingerprint density at radius 1 is 1.50 bits per heavy atom. The Kier molecular flexibility index (Phi) is 5.38. The molecule has 0 amide bonds. The Balaban J connectivity index is 2.10. The molecule has 0 aliphatic carbocycles. The van der Waals surface area contributed by atoms with Gasteiger partial charge in [0, 0.05) is 31.4 Å². The van der Waals surface area contributed by atoms with Crippen molar-refractivity contribution in [3.63, 3.8) is 0 Å². The average Bonchev–Trinajstić information content (AvgIpc) is 2.48. The van der Waals surface area contributed by atoms with Gasteiger partial charge >= 0.3 is 0 Å². The third-order valence-corrected chi connectivity index (χ3v) is 4.23. The zero-order valence-electron chi connectivity index (χ0n) is 13.3. The smallest absolute Gasteiger partial charge is 0.128 e. The molecule has 1 aromatic heterocycles. The van der Waals surface area contributed by atoms with E-state index in [1.165, 1.54) is 18.4 Å². The van der Waals surface area contributed by atoms with E-state index in [9.17, 15) is 0 Å². The van der Waals surface area contributed by atoms with Gasteiger partial charge in [-0.25, -0.2) is 4.98 Å². The Hall–Kier alpha value is -1.13. The summed E-state index contributed by atoms with van der Waals surface area (Å²) in [5.74, 6) is 1.12. The molecular weight excluding hydrogens is 248 g/mol. The van der Waals surface area contributed by atoms with E-state index in [4.69, 9.17) is 0 Å². The summed E-state index contributed by atoms with van der Waals surface area (Å²) in [4.78, 5) is 9.34. The van der Waals surface area contributed by atoms with Crippen LogP contribution in [-0.4, -0.2) is 49.7 Å². The van der Waals surface area contributed by atoms with Crippen molar-refractivity contribution in [2.24, 2.45) is 0 Å². The predicted octanol–water partition coefficient (Wildman–Crippen LogP) is 2.28. The van der Waals surface area contributed by atoms with E-state index in [0.717, 1.165) is 25.5 Å². The Morgan fingerprint density at radius 3 is 3.00 bits per heavy atom. The van der Waals surface area contributed by atoms with Crippen LogP contribution < -0.4 is 10.2 Å². The van der Waals surface area contributed by atoms with Crippen molar-refractivity contribution >= 4 is 5.82 Å². The van der Waals surface area contributed by atoms with Crippen LogP contribution in [0.4, 0.5) is 5.82 Å². The molecule has 2 unspecified atom stereocenters. The number of anilines is 1. The zero-order valence-corrected chi connectivity index (χ0v) is 13.3. The van der Waals surface area contributed by atoms with Gasteiger partial charge in [0.05, 0.1) is 0 Å².